The quantitative estimate of drug-likeness (QED) is 0.457. The van der Waals surface area contributed by atoms with E-state index in [-0.39, 0.29) is 23.8 Å². The lowest BCUT2D eigenvalue weighted by Crippen LogP contribution is -2.37. The van der Waals surface area contributed by atoms with Crippen LogP contribution in [0, 0.1) is 0 Å². The molecule has 0 spiro atoms. The van der Waals surface area contributed by atoms with Crippen molar-refractivity contribution in [3.05, 3.63) is 92.7 Å². The molecule has 2 atom stereocenters. The number of carbonyl (C=O) groups excluding carboxylic acids is 2. The van der Waals surface area contributed by atoms with E-state index in [0.29, 0.717) is 12.0 Å². The fraction of sp³-hybridized carbons (Fsp3) is 0.379. The van der Waals surface area contributed by atoms with Gasteiger partial charge in [-0.3, -0.25) is 4.79 Å². The van der Waals surface area contributed by atoms with Crippen LogP contribution in [0.5, 0.6) is 0 Å². The number of benzene rings is 2. The zero-order valence-corrected chi connectivity index (χ0v) is 21.1. The Labute approximate surface area is 209 Å². The number of Topliss-reactive ketones (excluding diaryl/α,β-unsaturated/α-hetero) is 1. The highest BCUT2D eigenvalue weighted by Crippen LogP contribution is 2.46. The minimum Gasteiger partial charge on any atom is -0.459 e. The van der Waals surface area contributed by atoms with Crippen LogP contribution in [0.15, 0.2) is 81.6 Å². The van der Waals surface area contributed by atoms with Crippen LogP contribution in [0.2, 0.25) is 0 Å². The largest absolute Gasteiger partial charge is 0.459 e. The van der Waals surface area contributed by atoms with E-state index < -0.39 is 5.92 Å². The van der Waals surface area contributed by atoms with Gasteiger partial charge in [0, 0.05) is 33.8 Å². The van der Waals surface area contributed by atoms with Crippen molar-refractivity contribution in [1.29, 1.82) is 0 Å². The average molecular weight is 520 g/mol. The minimum absolute atomic E-state index is 0.0352. The molecule has 2 aromatic rings. The number of nitrogens with one attached hydrogen (secondary N) is 1. The van der Waals surface area contributed by atoms with E-state index in [2.05, 4.69) is 33.4 Å². The molecule has 4 nitrogen and oxygen atoms in total. The Balaban J connectivity index is 1.52. The van der Waals surface area contributed by atoms with Crippen LogP contribution >= 0.6 is 15.9 Å². The molecule has 2 aliphatic carbocycles. The maximum Gasteiger partial charge on any atom is 0.337 e. The summed E-state index contributed by atoms with van der Waals surface area (Å²) >= 11 is 3.51. The van der Waals surface area contributed by atoms with Gasteiger partial charge in [0.25, 0.3) is 0 Å². The Morgan fingerprint density at radius 2 is 1.65 bits per heavy atom. The first-order valence-electron chi connectivity index (χ1n) is 12.3. The molecular formula is C29H30BrNO3. The summed E-state index contributed by atoms with van der Waals surface area (Å²) < 4.78 is 6.97. The summed E-state index contributed by atoms with van der Waals surface area (Å²) in [5, 5.41) is 3.46. The number of allylic oxidation sites excluding steroid dienone is 3. The second kappa shape index (κ2) is 9.91. The van der Waals surface area contributed by atoms with Crippen LogP contribution in [-0.2, 0) is 14.3 Å². The number of hydrogen-bond donors (Lipinski definition) is 1. The second-order valence-electron chi connectivity index (χ2n) is 9.64. The summed E-state index contributed by atoms with van der Waals surface area (Å²) in [6.45, 7) is 1.93. The van der Waals surface area contributed by atoms with E-state index in [1.807, 2.05) is 49.4 Å². The fourth-order valence-corrected chi connectivity index (χ4v) is 5.92. The summed E-state index contributed by atoms with van der Waals surface area (Å²) in [4.78, 5) is 27.2. The smallest absolute Gasteiger partial charge is 0.337 e. The highest BCUT2D eigenvalue weighted by molar-refractivity contribution is 9.10. The number of esters is 1. The molecule has 5 heteroatoms. The van der Waals surface area contributed by atoms with Gasteiger partial charge in [-0.2, -0.15) is 0 Å². The monoisotopic (exact) mass is 519 g/mol. The summed E-state index contributed by atoms with van der Waals surface area (Å²) in [5.74, 6) is -0.473. The Morgan fingerprint density at radius 3 is 2.35 bits per heavy atom. The highest BCUT2D eigenvalue weighted by Gasteiger charge is 2.41. The van der Waals surface area contributed by atoms with Gasteiger partial charge in [0.2, 0.25) is 0 Å². The lowest BCUT2D eigenvalue weighted by molar-refractivity contribution is -0.146. The van der Waals surface area contributed by atoms with Gasteiger partial charge in [-0.25, -0.2) is 4.79 Å². The molecule has 1 aliphatic heterocycles. The molecule has 0 amide bonds. The molecule has 5 rings (SSSR count). The first-order chi connectivity index (χ1) is 16.5. The summed E-state index contributed by atoms with van der Waals surface area (Å²) in [6, 6.07) is 18.2. The van der Waals surface area contributed by atoms with Gasteiger partial charge in [-0.05, 0) is 68.2 Å². The molecule has 176 valence electrons. The van der Waals surface area contributed by atoms with Gasteiger partial charge < -0.3 is 10.1 Å². The van der Waals surface area contributed by atoms with E-state index in [1.54, 1.807) is 0 Å². The van der Waals surface area contributed by atoms with Crippen molar-refractivity contribution in [1.82, 2.24) is 5.32 Å². The van der Waals surface area contributed by atoms with Crippen LogP contribution in [-0.4, -0.2) is 17.9 Å². The van der Waals surface area contributed by atoms with E-state index in [9.17, 15) is 9.59 Å². The second-order valence-corrected chi connectivity index (χ2v) is 10.6. The molecule has 2 aromatic carbocycles. The minimum atomic E-state index is -0.412. The third kappa shape index (κ3) is 4.63. The Bertz CT molecular complexity index is 1140. The molecule has 0 bridgehead atoms. The standard InChI is InChI=1S/C29H30BrNO3/c1-18-26(29(33)34-23-10-6-3-7-11-23)27(20-12-14-22(30)15-13-20)28-24(31-18)16-21(17-25(28)32)19-8-4-2-5-9-19/h2,4-5,8-9,12-15,21,23,27,31H,3,6-7,10-11,16-17H2,1H3/t21-,27+/m1/s1. The number of carbonyl (C=O) groups is 2. The van der Waals surface area contributed by atoms with Crippen LogP contribution in [0.25, 0.3) is 0 Å². The predicted molar refractivity (Wildman–Crippen MR) is 136 cm³/mol. The molecule has 0 saturated heterocycles. The number of dihydropyridines is 1. The van der Waals surface area contributed by atoms with Crippen molar-refractivity contribution in [3.8, 4) is 0 Å². The molecule has 1 saturated carbocycles. The van der Waals surface area contributed by atoms with Crippen molar-refractivity contribution < 1.29 is 14.3 Å². The summed E-state index contributed by atoms with van der Waals surface area (Å²) in [5.41, 5.74) is 5.12. The van der Waals surface area contributed by atoms with Crippen molar-refractivity contribution in [2.45, 2.75) is 69.8 Å². The van der Waals surface area contributed by atoms with Crippen molar-refractivity contribution >= 4 is 27.7 Å². The topological polar surface area (TPSA) is 55.4 Å². The zero-order valence-electron chi connectivity index (χ0n) is 19.5. The van der Waals surface area contributed by atoms with Gasteiger partial charge in [0.15, 0.2) is 5.78 Å². The fourth-order valence-electron chi connectivity index (χ4n) is 5.66. The van der Waals surface area contributed by atoms with E-state index in [4.69, 9.17) is 4.74 Å². The molecule has 1 heterocycles. The molecule has 3 aliphatic rings. The molecule has 1 fully saturated rings. The van der Waals surface area contributed by atoms with E-state index >= 15 is 0 Å². The number of ketones is 1. The van der Waals surface area contributed by atoms with Crippen LogP contribution in [0.3, 0.4) is 0 Å². The molecule has 34 heavy (non-hydrogen) atoms. The van der Waals surface area contributed by atoms with Gasteiger partial charge in [0.1, 0.15) is 6.10 Å². The number of ether oxygens (including phenoxy) is 1. The Hall–Kier alpha value is -2.66. The molecule has 0 aromatic heterocycles. The van der Waals surface area contributed by atoms with E-state index in [1.165, 1.54) is 12.0 Å². The third-order valence-corrected chi connectivity index (χ3v) is 7.88. The van der Waals surface area contributed by atoms with Crippen LogP contribution in [0.1, 0.15) is 74.8 Å². The predicted octanol–water partition coefficient (Wildman–Crippen LogP) is 6.69. The first-order valence-corrected chi connectivity index (χ1v) is 13.1. The molecular weight excluding hydrogens is 490 g/mol. The van der Waals surface area contributed by atoms with Crippen LogP contribution < -0.4 is 5.32 Å². The van der Waals surface area contributed by atoms with Gasteiger partial charge in [-0.1, -0.05) is 64.8 Å². The van der Waals surface area contributed by atoms with Gasteiger partial charge in [-0.15, -0.1) is 0 Å². The van der Waals surface area contributed by atoms with Crippen molar-refractivity contribution in [2.24, 2.45) is 0 Å². The molecule has 0 unspecified atom stereocenters. The van der Waals surface area contributed by atoms with Gasteiger partial charge >= 0.3 is 5.97 Å². The first kappa shape index (κ1) is 23.1. The van der Waals surface area contributed by atoms with Gasteiger partial charge in [0.05, 0.1) is 5.57 Å². The number of rotatable bonds is 4. The Kier molecular flexibility index (Phi) is 6.73. The maximum atomic E-state index is 13.6. The van der Waals surface area contributed by atoms with Crippen molar-refractivity contribution in [2.75, 3.05) is 0 Å². The van der Waals surface area contributed by atoms with Crippen LogP contribution in [0.4, 0.5) is 0 Å². The normalized spacial score (nSPS) is 23.4. The maximum absolute atomic E-state index is 13.6. The van der Waals surface area contributed by atoms with Crippen molar-refractivity contribution in [3.63, 3.8) is 0 Å². The molecule has 1 N–H and O–H groups in total. The molecule has 0 radical (unpaired) electrons. The third-order valence-electron chi connectivity index (χ3n) is 7.35. The average Bonchev–Trinajstić information content (AvgIpc) is 2.84. The number of halogens is 1. The SMILES string of the molecule is CC1=C(C(=O)OC2CCCCC2)[C@H](c2ccc(Br)cc2)C2=C(C[C@@H](c3ccccc3)CC2=O)N1. The zero-order chi connectivity index (χ0) is 23.7. The lowest BCUT2D eigenvalue weighted by Gasteiger charge is -2.37. The summed E-state index contributed by atoms with van der Waals surface area (Å²) in [7, 11) is 0. The Morgan fingerprint density at radius 1 is 0.941 bits per heavy atom. The van der Waals surface area contributed by atoms with E-state index in [0.717, 1.165) is 59.1 Å². The summed E-state index contributed by atoms with van der Waals surface area (Å²) in [6.07, 6.45) is 6.39. The number of hydrogen-bond acceptors (Lipinski definition) is 4. The highest BCUT2D eigenvalue weighted by atomic mass is 79.9. The lowest BCUT2D eigenvalue weighted by atomic mass is 9.72.